The Morgan fingerprint density at radius 1 is 1.16 bits per heavy atom. The van der Waals surface area contributed by atoms with Gasteiger partial charge in [0.25, 0.3) is 5.91 Å². The molecule has 1 aliphatic carbocycles. The molecule has 1 aromatic carbocycles. The van der Waals surface area contributed by atoms with Gasteiger partial charge in [0.05, 0.1) is 41.7 Å². The highest BCUT2D eigenvalue weighted by molar-refractivity contribution is 6.12. The largest absolute Gasteiger partial charge is 0.497 e. The monoisotopic (exact) mass is 430 g/mol. The number of ether oxygens (including phenoxy) is 1. The van der Waals surface area contributed by atoms with E-state index in [1.54, 1.807) is 18.0 Å². The van der Waals surface area contributed by atoms with E-state index in [2.05, 4.69) is 15.5 Å². The van der Waals surface area contributed by atoms with E-state index in [1.807, 2.05) is 55.1 Å². The van der Waals surface area contributed by atoms with Gasteiger partial charge < -0.3 is 10.1 Å². The van der Waals surface area contributed by atoms with Gasteiger partial charge in [0.15, 0.2) is 5.65 Å². The van der Waals surface area contributed by atoms with Crippen molar-refractivity contribution in [1.29, 1.82) is 0 Å². The summed E-state index contributed by atoms with van der Waals surface area (Å²) in [7, 11) is 3.46. The maximum absolute atomic E-state index is 13.5. The highest BCUT2D eigenvalue weighted by Gasteiger charge is 2.23. The van der Waals surface area contributed by atoms with Crippen LogP contribution in [0.4, 0.5) is 5.82 Å². The number of carbonyl (C=O) groups excluding carboxylic acids is 1. The summed E-state index contributed by atoms with van der Waals surface area (Å²) in [5, 5.41) is 12.8. The number of nitrogens with zero attached hydrogens (tertiary/aromatic N) is 5. The first-order valence-corrected chi connectivity index (χ1v) is 10.9. The highest BCUT2D eigenvalue weighted by Crippen LogP contribution is 2.32. The number of aromatic nitrogens is 5. The Kier molecular flexibility index (Phi) is 5.13. The summed E-state index contributed by atoms with van der Waals surface area (Å²) in [5.74, 6) is 1.31. The van der Waals surface area contributed by atoms with Crippen molar-refractivity contribution in [2.24, 2.45) is 7.05 Å². The number of carbonyl (C=O) groups is 1. The van der Waals surface area contributed by atoms with Gasteiger partial charge in [-0.05, 0) is 50.1 Å². The maximum atomic E-state index is 13.5. The Labute approximate surface area is 186 Å². The second-order valence-electron chi connectivity index (χ2n) is 8.30. The number of amides is 1. The molecule has 0 saturated heterocycles. The van der Waals surface area contributed by atoms with Crippen LogP contribution >= 0.6 is 0 Å². The van der Waals surface area contributed by atoms with Crippen LogP contribution in [0.25, 0.3) is 22.3 Å². The first-order chi connectivity index (χ1) is 15.5. The standard InChI is InChI=1S/C24H26N6O2/c1-15-12-22(30(28-15)17-6-4-5-7-17)27-24(31)19-13-21(16-8-10-18(32-3)11-9-16)26-23-20(19)14-25-29(23)2/h8-14,17H,4-7H2,1-3H3,(H,27,31). The Morgan fingerprint density at radius 3 is 2.62 bits per heavy atom. The van der Waals surface area contributed by atoms with Gasteiger partial charge in [-0.3, -0.25) is 9.48 Å². The minimum atomic E-state index is -0.195. The fourth-order valence-corrected chi connectivity index (χ4v) is 4.43. The molecule has 1 aliphatic rings. The second kappa shape index (κ2) is 8.11. The molecule has 8 heteroatoms. The molecule has 1 saturated carbocycles. The fraction of sp³-hybridized carbons (Fsp3) is 0.333. The van der Waals surface area contributed by atoms with Gasteiger partial charge in [0.1, 0.15) is 11.6 Å². The van der Waals surface area contributed by atoms with Gasteiger partial charge in [0, 0.05) is 18.7 Å². The number of methoxy groups -OCH3 is 1. The molecule has 32 heavy (non-hydrogen) atoms. The van der Waals surface area contributed by atoms with E-state index in [-0.39, 0.29) is 5.91 Å². The van der Waals surface area contributed by atoms with E-state index in [0.717, 1.165) is 35.7 Å². The van der Waals surface area contributed by atoms with Crippen molar-refractivity contribution >= 4 is 22.8 Å². The van der Waals surface area contributed by atoms with Crippen molar-refractivity contribution in [3.05, 3.63) is 53.9 Å². The maximum Gasteiger partial charge on any atom is 0.257 e. The topological polar surface area (TPSA) is 86.9 Å². The Balaban J connectivity index is 1.54. The van der Waals surface area contributed by atoms with Gasteiger partial charge in [-0.25, -0.2) is 9.67 Å². The summed E-state index contributed by atoms with van der Waals surface area (Å²) < 4.78 is 8.92. The third-order valence-electron chi connectivity index (χ3n) is 6.11. The summed E-state index contributed by atoms with van der Waals surface area (Å²) in [4.78, 5) is 18.2. The molecule has 1 amide bonds. The molecule has 3 heterocycles. The number of hydrogen-bond acceptors (Lipinski definition) is 5. The molecule has 1 N–H and O–H groups in total. The summed E-state index contributed by atoms with van der Waals surface area (Å²) in [6, 6.07) is 11.7. The van der Waals surface area contributed by atoms with Crippen LogP contribution in [-0.2, 0) is 7.05 Å². The SMILES string of the molecule is COc1ccc(-c2cc(C(=O)Nc3cc(C)nn3C3CCCC3)c3cnn(C)c3n2)cc1. The molecule has 8 nitrogen and oxygen atoms in total. The minimum absolute atomic E-state index is 0.195. The zero-order valence-electron chi connectivity index (χ0n) is 18.5. The molecule has 0 radical (unpaired) electrons. The van der Waals surface area contributed by atoms with Gasteiger partial charge >= 0.3 is 0 Å². The number of pyridine rings is 1. The lowest BCUT2D eigenvalue weighted by atomic mass is 10.1. The van der Waals surface area contributed by atoms with E-state index in [1.165, 1.54) is 12.8 Å². The quantitative estimate of drug-likeness (QED) is 0.503. The molecule has 4 aromatic rings. The average Bonchev–Trinajstić information content (AvgIpc) is 3.54. The molecular weight excluding hydrogens is 404 g/mol. The molecule has 0 unspecified atom stereocenters. The molecule has 0 atom stereocenters. The van der Waals surface area contributed by atoms with Crippen molar-refractivity contribution < 1.29 is 9.53 Å². The van der Waals surface area contributed by atoms with E-state index in [0.29, 0.717) is 28.3 Å². The van der Waals surface area contributed by atoms with Crippen molar-refractivity contribution in [2.75, 3.05) is 12.4 Å². The van der Waals surface area contributed by atoms with Crippen LogP contribution in [0, 0.1) is 6.92 Å². The van der Waals surface area contributed by atoms with Gasteiger partial charge in [-0.2, -0.15) is 10.2 Å². The van der Waals surface area contributed by atoms with Crippen LogP contribution < -0.4 is 10.1 Å². The van der Waals surface area contributed by atoms with Crippen LogP contribution in [0.2, 0.25) is 0 Å². The Hall–Kier alpha value is -3.68. The van der Waals surface area contributed by atoms with Crippen LogP contribution in [0.3, 0.4) is 0 Å². The Morgan fingerprint density at radius 2 is 1.91 bits per heavy atom. The third kappa shape index (κ3) is 3.62. The summed E-state index contributed by atoms with van der Waals surface area (Å²) >= 11 is 0. The lowest BCUT2D eigenvalue weighted by Crippen LogP contribution is -2.18. The number of hydrogen-bond donors (Lipinski definition) is 1. The first-order valence-electron chi connectivity index (χ1n) is 10.9. The van der Waals surface area contributed by atoms with E-state index >= 15 is 0 Å². The predicted molar refractivity (Wildman–Crippen MR) is 123 cm³/mol. The number of rotatable bonds is 5. The smallest absolute Gasteiger partial charge is 0.257 e. The predicted octanol–water partition coefficient (Wildman–Crippen LogP) is 4.52. The number of aryl methyl sites for hydroxylation is 2. The lowest BCUT2D eigenvalue weighted by Gasteiger charge is -2.15. The second-order valence-corrected chi connectivity index (χ2v) is 8.30. The molecule has 164 valence electrons. The van der Waals surface area contributed by atoms with Gasteiger partial charge in [0.2, 0.25) is 0 Å². The van der Waals surface area contributed by atoms with Crippen molar-refractivity contribution in [3.63, 3.8) is 0 Å². The molecule has 0 bridgehead atoms. The van der Waals surface area contributed by atoms with E-state index < -0.39 is 0 Å². The van der Waals surface area contributed by atoms with Gasteiger partial charge in [-0.15, -0.1) is 0 Å². The van der Waals surface area contributed by atoms with Gasteiger partial charge in [-0.1, -0.05) is 12.8 Å². The lowest BCUT2D eigenvalue weighted by molar-refractivity contribution is 0.102. The zero-order valence-corrected chi connectivity index (χ0v) is 18.5. The number of benzene rings is 1. The number of nitrogens with one attached hydrogen (secondary N) is 1. The van der Waals surface area contributed by atoms with Crippen LogP contribution in [0.1, 0.15) is 47.8 Å². The van der Waals surface area contributed by atoms with E-state index in [9.17, 15) is 4.79 Å². The fourth-order valence-electron chi connectivity index (χ4n) is 4.43. The average molecular weight is 431 g/mol. The van der Waals surface area contributed by atoms with Crippen molar-refractivity contribution in [1.82, 2.24) is 24.5 Å². The number of anilines is 1. The van der Waals surface area contributed by atoms with E-state index in [4.69, 9.17) is 9.72 Å². The molecule has 0 aliphatic heterocycles. The molecule has 3 aromatic heterocycles. The highest BCUT2D eigenvalue weighted by atomic mass is 16.5. The zero-order chi connectivity index (χ0) is 22.2. The molecular formula is C24H26N6O2. The summed E-state index contributed by atoms with van der Waals surface area (Å²) in [5.41, 5.74) is 3.69. The third-order valence-corrected chi connectivity index (χ3v) is 6.11. The molecule has 5 rings (SSSR count). The minimum Gasteiger partial charge on any atom is -0.497 e. The van der Waals surface area contributed by atoms with Crippen LogP contribution in [0.15, 0.2) is 42.6 Å². The first kappa shape index (κ1) is 20.2. The van der Waals surface area contributed by atoms with Crippen LogP contribution in [-0.4, -0.2) is 37.6 Å². The summed E-state index contributed by atoms with van der Waals surface area (Å²) in [6.45, 7) is 1.95. The van der Waals surface area contributed by atoms with Crippen molar-refractivity contribution in [3.8, 4) is 17.0 Å². The molecule has 1 fully saturated rings. The number of fused-ring (bicyclic) bond motifs is 1. The normalized spacial score (nSPS) is 14.2. The Bertz CT molecular complexity index is 1280. The summed E-state index contributed by atoms with van der Waals surface area (Å²) in [6.07, 6.45) is 6.27. The van der Waals surface area contributed by atoms with Crippen molar-refractivity contribution in [2.45, 2.75) is 38.6 Å². The molecule has 0 spiro atoms. The van der Waals surface area contributed by atoms with Crippen LogP contribution in [0.5, 0.6) is 5.75 Å².